The molecule has 1 aromatic rings. The molecule has 98 valence electrons. The summed E-state index contributed by atoms with van der Waals surface area (Å²) in [6, 6.07) is 0. The molecule has 4 nitrogen and oxygen atoms in total. The van der Waals surface area contributed by atoms with E-state index in [2.05, 4.69) is 28.5 Å². The molecule has 2 N–H and O–H groups in total. The van der Waals surface area contributed by atoms with E-state index in [1.165, 1.54) is 11.5 Å². The summed E-state index contributed by atoms with van der Waals surface area (Å²) < 4.78 is 5.16. The van der Waals surface area contributed by atoms with E-state index in [0.717, 1.165) is 35.3 Å². The van der Waals surface area contributed by atoms with E-state index < -0.39 is 0 Å². The highest BCUT2D eigenvalue weighted by Gasteiger charge is 2.21. The molecule has 1 heterocycles. The second kappa shape index (κ2) is 7.31. The molecule has 1 atom stereocenters. The first kappa shape index (κ1) is 14.9. The number of nitrogens with one attached hydrogen (secondary N) is 1. The van der Waals surface area contributed by atoms with E-state index >= 15 is 0 Å². The Morgan fingerprint density at radius 1 is 1.53 bits per heavy atom. The van der Waals surface area contributed by atoms with E-state index in [4.69, 9.17) is 0 Å². The molecule has 0 saturated carbocycles. The van der Waals surface area contributed by atoms with Crippen LogP contribution in [0.15, 0.2) is 4.34 Å². The summed E-state index contributed by atoms with van der Waals surface area (Å²) in [6.07, 6.45) is 2.01. The largest absolute Gasteiger partial charge is 0.394 e. The van der Waals surface area contributed by atoms with Gasteiger partial charge in [0.1, 0.15) is 5.82 Å². The molecule has 0 aliphatic carbocycles. The molecule has 6 heteroatoms. The van der Waals surface area contributed by atoms with Gasteiger partial charge in [-0.25, -0.2) is 4.98 Å². The lowest BCUT2D eigenvalue weighted by Crippen LogP contribution is -2.46. The van der Waals surface area contributed by atoms with Gasteiger partial charge in [0.15, 0.2) is 4.34 Å². The van der Waals surface area contributed by atoms with Gasteiger partial charge in [-0.1, -0.05) is 18.7 Å². The minimum atomic E-state index is -0.178. The predicted molar refractivity (Wildman–Crippen MR) is 73.8 cm³/mol. The SMILES string of the molecule is CCCNC(C)(CO)CCSc1nc(C)ns1. The second-order valence-corrected chi connectivity index (χ2v) is 6.45. The Kier molecular flexibility index (Phi) is 6.40. The summed E-state index contributed by atoms with van der Waals surface area (Å²) in [7, 11) is 0. The molecule has 0 fully saturated rings. The van der Waals surface area contributed by atoms with Gasteiger partial charge < -0.3 is 10.4 Å². The first-order chi connectivity index (χ1) is 8.09. The normalized spacial score (nSPS) is 14.8. The van der Waals surface area contributed by atoms with Gasteiger partial charge in [-0.05, 0) is 44.8 Å². The molecule has 0 amide bonds. The zero-order chi connectivity index (χ0) is 12.7. The molecule has 1 aromatic heterocycles. The summed E-state index contributed by atoms with van der Waals surface area (Å²) in [4.78, 5) is 4.31. The van der Waals surface area contributed by atoms with Crippen molar-refractivity contribution < 1.29 is 5.11 Å². The third kappa shape index (κ3) is 5.33. The standard InChI is InChI=1S/C11H21N3OS2/c1-4-6-12-11(3,8-15)5-7-16-10-13-9(2)14-17-10/h12,15H,4-8H2,1-3H3. The fourth-order valence-corrected chi connectivity index (χ4v) is 3.27. The minimum absolute atomic E-state index is 0.169. The van der Waals surface area contributed by atoms with Gasteiger partial charge in [-0.2, -0.15) is 4.37 Å². The average molecular weight is 275 g/mol. The number of aliphatic hydroxyl groups excluding tert-OH is 1. The van der Waals surface area contributed by atoms with Crippen molar-refractivity contribution in [3.05, 3.63) is 5.82 Å². The van der Waals surface area contributed by atoms with Gasteiger partial charge in [0.05, 0.1) is 6.61 Å². The van der Waals surface area contributed by atoms with Gasteiger partial charge in [0.2, 0.25) is 0 Å². The van der Waals surface area contributed by atoms with Crippen LogP contribution in [0.3, 0.4) is 0 Å². The van der Waals surface area contributed by atoms with Crippen molar-refractivity contribution in [2.24, 2.45) is 0 Å². The van der Waals surface area contributed by atoms with Crippen molar-refractivity contribution in [3.8, 4) is 0 Å². The Balaban J connectivity index is 2.32. The van der Waals surface area contributed by atoms with E-state index in [0.29, 0.717) is 0 Å². The van der Waals surface area contributed by atoms with Crippen LogP contribution in [0, 0.1) is 6.92 Å². The Morgan fingerprint density at radius 3 is 2.82 bits per heavy atom. The van der Waals surface area contributed by atoms with Crippen molar-refractivity contribution in [2.45, 2.75) is 43.5 Å². The molecule has 0 radical (unpaired) electrons. The fourth-order valence-electron chi connectivity index (χ4n) is 1.35. The van der Waals surface area contributed by atoms with Crippen LogP contribution in [-0.2, 0) is 0 Å². The van der Waals surface area contributed by atoms with Crippen molar-refractivity contribution in [3.63, 3.8) is 0 Å². The molecule has 17 heavy (non-hydrogen) atoms. The summed E-state index contributed by atoms with van der Waals surface area (Å²) in [5.74, 6) is 1.79. The predicted octanol–water partition coefficient (Wildman–Crippen LogP) is 2.08. The van der Waals surface area contributed by atoms with Crippen molar-refractivity contribution in [1.29, 1.82) is 0 Å². The number of rotatable bonds is 8. The number of aliphatic hydroxyl groups is 1. The summed E-state index contributed by atoms with van der Waals surface area (Å²) in [5, 5.41) is 12.8. The van der Waals surface area contributed by atoms with Gasteiger partial charge in [0.25, 0.3) is 0 Å². The lowest BCUT2D eigenvalue weighted by molar-refractivity contribution is 0.171. The van der Waals surface area contributed by atoms with Crippen LogP contribution in [-0.4, -0.2) is 38.9 Å². The van der Waals surface area contributed by atoms with Gasteiger partial charge in [0, 0.05) is 11.3 Å². The topological polar surface area (TPSA) is 58.0 Å². The van der Waals surface area contributed by atoms with Crippen LogP contribution in [0.5, 0.6) is 0 Å². The molecular formula is C11H21N3OS2. The van der Waals surface area contributed by atoms with Crippen LogP contribution >= 0.6 is 23.3 Å². The molecule has 0 aromatic carbocycles. The Labute approximate surface area is 111 Å². The Bertz CT molecular complexity index is 332. The highest BCUT2D eigenvalue weighted by Crippen LogP contribution is 2.23. The lowest BCUT2D eigenvalue weighted by atomic mass is 10.0. The van der Waals surface area contributed by atoms with Crippen molar-refractivity contribution in [1.82, 2.24) is 14.7 Å². The Hall–Kier alpha value is -0.170. The smallest absolute Gasteiger partial charge is 0.170 e. The zero-order valence-electron chi connectivity index (χ0n) is 10.7. The molecular weight excluding hydrogens is 254 g/mol. The number of thioether (sulfide) groups is 1. The van der Waals surface area contributed by atoms with Crippen LogP contribution in [0.2, 0.25) is 0 Å². The number of hydrogen-bond donors (Lipinski definition) is 2. The summed E-state index contributed by atoms with van der Waals surface area (Å²) in [6.45, 7) is 7.21. The molecule has 1 rings (SSSR count). The highest BCUT2D eigenvalue weighted by atomic mass is 32.2. The highest BCUT2D eigenvalue weighted by molar-refractivity contribution is 8.00. The third-order valence-electron chi connectivity index (χ3n) is 2.54. The second-order valence-electron chi connectivity index (χ2n) is 4.35. The maximum absolute atomic E-state index is 9.42. The van der Waals surface area contributed by atoms with Gasteiger partial charge in [-0.15, -0.1) is 0 Å². The monoisotopic (exact) mass is 275 g/mol. The number of hydrogen-bond acceptors (Lipinski definition) is 6. The maximum atomic E-state index is 9.42. The molecule has 0 spiro atoms. The number of aryl methyl sites for hydroxylation is 1. The average Bonchev–Trinajstić information content (AvgIpc) is 2.72. The third-order valence-corrected chi connectivity index (χ3v) is 4.47. The molecule has 0 bridgehead atoms. The number of aromatic nitrogens is 2. The summed E-state index contributed by atoms with van der Waals surface area (Å²) >= 11 is 3.16. The lowest BCUT2D eigenvalue weighted by Gasteiger charge is -2.28. The fraction of sp³-hybridized carbons (Fsp3) is 0.818. The first-order valence-electron chi connectivity index (χ1n) is 5.88. The van der Waals surface area contributed by atoms with Crippen LogP contribution in [0.25, 0.3) is 0 Å². The van der Waals surface area contributed by atoms with Crippen LogP contribution in [0.4, 0.5) is 0 Å². The zero-order valence-corrected chi connectivity index (χ0v) is 12.3. The molecule has 0 aliphatic heterocycles. The van der Waals surface area contributed by atoms with E-state index in [9.17, 15) is 5.11 Å². The molecule has 1 unspecified atom stereocenters. The van der Waals surface area contributed by atoms with E-state index in [1.54, 1.807) is 11.8 Å². The molecule has 0 aliphatic rings. The first-order valence-corrected chi connectivity index (χ1v) is 7.64. The van der Waals surface area contributed by atoms with Crippen LogP contribution < -0.4 is 5.32 Å². The van der Waals surface area contributed by atoms with Gasteiger partial charge >= 0.3 is 0 Å². The molecule has 0 saturated heterocycles. The van der Waals surface area contributed by atoms with Crippen LogP contribution in [0.1, 0.15) is 32.5 Å². The Morgan fingerprint density at radius 2 is 2.29 bits per heavy atom. The minimum Gasteiger partial charge on any atom is -0.394 e. The quantitative estimate of drug-likeness (QED) is 0.711. The van der Waals surface area contributed by atoms with E-state index in [-0.39, 0.29) is 12.1 Å². The van der Waals surface area contributed by atoms with E-state index in [1.807, 2.05) is 6.92 Å². The van der Waals surface area contributed by atoms with Crippen molar-refractivity contribution >= 4 is 23.3 Å². The summed E-state index contributed by atoms with van der Waals surface area (Å²) in [5.41, 5.74) is -0.178. The van der Waals surface area contributed by atoms with Crippen molar-refractivity contribution in [2.75, 3.05) is 18.9 Å². The maximum Gasteiger partial charge on any atom is 0.170 e. The van der Waals surface area contributed by atoms with Gasteiger partial charge in [-0.3, -0.25) is 0 Å². The number of nitrogens with zero attached hydrogens (tertiary/aromatic N) is 2.